The van der Waals surface area contributed by atoms with E-state index in [2.05, 4.69) is 10.5 Å². The molecule has 0 bridgehead atoms. The van der Waals surface area contributed by atoms with Gasteiger partial charge < -0.3 is 0 Å². The lowest BCUT2D eigenvalue weighted by Gasteiger charge is -2.11. The average molecular weight is 297 g/mol. The molecule has 0 spiro atoms. The van der Waals surface area contributed by atoms with Crippen molar-refractivity contribution in [1.29, 1.82) is 0 Å². The molecule has 1 rings (SSSR count). The molecule has 0 aromatic heterocycles. The first-order chi connectivity index (χ1) is 9.28. The van der Waals surface area contributed by atoms with Crippen molar-refractivity contribution in [1.82, 2.24) is 9.73 Å². The van der Waals surface area contributed by atoms with Crippen LogP contribution in [0.25, 0.3) is 0 Å². The molecule has 0 fully saturated rings. The van der Waals surface area contributed by atoms with Crippen LogP contribution in [-0.4, -0.2) is 38.4 Å². The summed E-state index contributed by atoms with van der Waals surface area (Å²) in [5, 5.41) is 3.90. The van der Waals surface area contributed by atoms with Crippen molar-refractivity contribution in [2.24, 2.45) is 5.10 Å². The highest BCUT2D eigenvalue weighted by Gasteiger charge is 2.18. The topological polar surface area (TPSA) is 78.8 Å². The maximum atomic E-state index is 12.0. The van der Waals surface area contributed by atoms with Gasteiger partial charge in [-0.3, -0.25) is 4.79 Å². The second-order valence-electron chi connectivity index (χ2n) is 4.46. The fourth-order valence-electron chi connectivity index (χ4n) is 1.30. The molecule has 0 aliphatic rings. The smallest absolute Gasteiger partial charge is 0.267 e. The molecule has 0 saturated heterocycles. The fraction of sp³-hybridized carbons (Fsp3) is 0.385. The van der Waals surface area contributed by atoms with E-state index in [1.165, 1.54) is 32.3 Å². The molecule has 1 amide bonds. The largest absolute Gasteiger partial charge is 0.271 e. The predicted octanol–water partition coefficient (Wildman–Crippen LogP) is 1.45. The van der Waals surface area contributed by atoms with Gasteiger partial charge in [0.25, 0.3) is 5.91 Å². The van der Waals surface area contributed by atoms with Crippen molar-refractivity contribution in [3.63, 3.8) is 0 Å². The van der Waals surface area contributed by atoms with Crippen LogP contribution >= 0.6 is 0 Å². The number of nitrogens with one attached hydrogen (secondary N) is 1. The van der Waals surface area contributed by atoms with Crippen molar-refractivity contribution in [2.75, 3.05) is 14.1 Å². The molecule has 20 heavy (non-hydrogen) atoms. The summed E-state index contributed by atoms with van der Waals surface area (Å²) in [6.07, 6.45) is 0.731. The van der Waals surface area contributed by atoms with Gasteiger partial charge in [-0.15, -0.1) is 0 Å². The van der Waals surface area contributed by atoms with Crippen molar-refractivity contribution in [2.45, 2.75) is 25.2 Å². The lowest BCUT2D eigenvalue weighted by atomic mass is 10.2. The van der Waals surface area contributed by atoms with Crippen LogP contribution < -0.4 is 5.43 Å². The van der Waals surface area contributed by atoms with Crippen LogP contribution in [0.2, 0.25) is 0 Å². The zero-order valence-corrected chi connectivity index (χ0v) is 12.9. The zero-order chi connectivity index (χ0) is 15.3. The SMILES string of the molecule is CC/C(C)=N\NC(=O)c1cccc(S(=O)(=O)N(C)C)c1. The Balaban J connectivity index is 3.03. The Bertz CT molecular complexity index is 622. The van der Waals surface area contributed by atoms with E-state index in [1.54, 1.807) is 13.0 Å². The van der Waals surface area contributed by atoms with Gasteiger partial charge in [0, 0.05) is 25.4 Å². The number of nitrogens with zero attached hydrogens (tertiary/aromatic N) is 2. The fourth-order valence-corrected chi connectivity index (χ4v) is 2.25. The normalized spacial score (nSPS) is 12.6. The number of amides is 1. The first-order valence-corrected chi connectivity index (χ1v) is 7.59. The molecular formula is C13H19N3O3S. The van der Waals surface area contributed by atoms with Crippen LogP contribution in [0, 0.1) is 0 Å². The third-order valence-electron chi connectivity index (χ3n) is 2.73. The highest BCUT2D eigenvalue weighted by Crippen LogP contribution is 2.14. The minimum atomic E-state index is -3.55. The first kappa shape index (κ1) is 16.3. The Morgan fingerprint density at radius 2 is 2.00 bits per heavy atom. The van der Waals surface area contributed by atoms with Gasteiger partial charge in [0.1, 0.15) is 0 Å². The monoisotopic (exact) mass is 297 g/mol. The Hall–Kier alpha value is -1.73. The number of carbonyl (C=O) groups excluding carboxylic acids is 1. The van der Waals surface area contributed by atoms with E-state index in [9.17, 15) is 13.2 Å². The summed E-state index contributed by atoms with van der Waals surface area (Å²) < 4.78 is 25.1. The first-order valence-electron chi connectivity index (χ1n) is 6.15. The third kappa shape index (κ3) is 3.88. The number of hydrogen-bond acceptors (Lipinski definition) is 4. The number of benzene rings is 1. The van der Waals surface area contributed by atoms with Gasteiger partial charge in [0.2, 0.25) is 10.0 Å². The molecule has 6 nitrogen and oxygen atoms in total. The van der Waals surface area contributed by atoms with Crippen molar-refractivity contribution in [3.05, 3.63) is 29.8 Å². The number of carbonyl (C=O) groups is 1. The number of hydrazone groups is 1. The quantitative estimate of drug-likeness (QED) is 0.660. The molecule has 0 aliphatic heterocycles. The van der Waals surface area contributed by atoms with E-state index >= 15 is 0 Å². The average Bonchev–Trinajstić information content (AvgIpc) is 2.44. The Kier molecular flexibility index (Phi) is 5.41. The summed E-state index contributed by atoms with van der Waals surface area (Å²) >= 11 is 0. The van der Waals surface area contributed by atoms with Gasteiger partial charge in [0.15, 0.2) is 0 Å². The van der Waals surface area contributed by atoms with Gasteiger partial charge in [-0.1, -0.05) is 13.0 Å². The van der Waals surface area contributed by atoms with Crippen LogP contribution in [0.1, 0.15) is 30.6 Å². The van der Waals surface area contributed by atoms with E-state index in [1.807, 2.05) is 6.92 Å². The summed E-state index contributed by atoms with van der Waals surface area (Å²) in [5.74, 6) is -0.436. The van der Waals surface area contributed by atoms with Crippen LogP contribution in [0.5, 0.6) is 0 Å². The van der Waals surface area contributed by atoms with E-state index in [-0.39, 0.29) is 10.5 Å². The molecule has 0 saturated carbocycles. The maximum Gasteiger partial charge on any atom is 0.271 e. The molecule has 7 heteroatoms. The zero-order valence-electron chi connectivity index (χ0n) is 12.0. The molecule has 0 aliphatic carbocycles. The van der Waals surface area contributed by atoms with Gasteiger partial charge >= 0.3 is 0 Å². The summed E-state index contributed by atoms with van der Waals surface area (Å²) in [6, 6.07) is 5.86. The molecule has 1 aromatic carbocycles. The molecular weight excluding hydrogens is 278 g/mol. The Morgan fingerprint density at radius 3 is 2.55 bits per heavy atom. The molecule has 0 radical (unpaired) electrons. The van der Waals surface area contributed by atoms with Crippen LogP contribution in [0.4, 0.5) is 0 Å². The summed E-state index contributed by atoms with van der Waals surface area (Å²) in [5.41, 5.74) is 3.44. The van der Waals surface area contributed by atoms with Gasteiger partial charge in [-0.2, -0.15) is 5.10 Å². The molecule has 1 N–H and O–H groups in total. The minimum Gasteiger partial charge on any atom is -0.267 e. The van der Waals surface area contributed by atoms with Crippen molar-refractivity contribution >= 4 is 21.6 Å². The molecule has 1 aromatic rings. The summed E-state index contributed by atoms with van der Waals surface area (Å²) in [7, 11) is -0.668. The Morgan fingerprint density at radius 1 is 1.35 bits per heavy atom. The Labute approximate surface area is 119 Å². The summed E-state index contributed by atoms with van der Waals surface area (Å²) in [4.78, 5) is 12.0. The van der Waals surface area contributed by atoms with E-state index < -0.39 is 15.9 Å². The van der Waals surface area contributed by atoms with E-state index in [0.29, 0.717) is 0 Å². The van der Waals surface area contributed by atoms with Crippen LogP contribution in [0.15, 0.2) is 34.3 Å². The van der Waals surface area contributed by atoms with Crippen LogP contribution in [0.3, 0.4) is 0 Å². The van der Waals surface area contributed by atoms with Gasteiger partial charge in [0.05, 0.1) is 4.90 Å². The van der Waals surface area contributed by atoms with Crippen molar-refractivity contribution < 1.29 is 13.2 Å². The molecule has 110 valence electrons. The van der Waals surface area contributed by atoms with Crippen LogP contribution in [-0.2, 0) is 10.0 Å². The highest BCUT2D eigenvalue weighted by atomic mass is 32.2. The van der Waals surface area contributed by atoms with Gasteiger partial charge in [-0.25, -0.2) is 18.1 Å². The van der Waals surface area contributed by atoms with E-state index in [4.69, 9.17) is 0 Å². The number of hydrogen-bond donors (Lipinski definition) is 1. The standard InChI is InChI=1S/C13H19N3O3S/c1-5-10(2)14-15-13(17)11-7-6-8-12(9-11)20(18,19)16(3)4/h6-9H,5H2,1-4H3,(H,15,17)/b14-10-. The minimum absolute atomic E-state index is 0.0753. The number of sulfonamides is 1. The highest BCUT2D eigenvalue weighted by molar-refractivity contribution is 7.89. The summed E-state index contributed by atoms with van der Waals surface area (Å²) in [6.45, 7) is 3.72. The van der Waals surface area contributed by atoms with E-state index in [0.717, 1.165) is 16.4 Å². The number of rotatable bonds is 5. The molecule has 0 atom stereocenters. The lowest BCUT2D eigenvalue weighted by Crippen LogP contribution is -2.23. The third-order valence-corrected chi connectivity index (χ3v) is 4.55. The lowest BCUT2D eigenvalue weighted by molar-refractivity contribution is 0.0954. The molecule has 0 unspecified atom stereocenters. The predicted molar refractivity (Wildman–Crippen MR) is 78.2 cm³/mol. The maximum absolute atomic E-state index is 12.0. The second-order valence-corrected chi connectivity index (χ2v) is 6.61. The molecule has 0 heterocycles. The van der Waals surface area contributed by atoms with Gasteiger partial charge in [-0.05, 0) is 31.5 Å². The second kappa shape index (κ2) is 6.62. The van der Waals surface area contributed by atoms with Crippen molar-refractivity contribution in [3.8, 4) is 0 Å².